The van der Waals surface area contributed by atoms with Gasteiger partial charge in [0.15, 0.2) is 0 Å². The molecule has 0 rings (SSSR count). The Balaban J connectivity index is 2.83. The minimum absolute atomic E-state index is 0.843. The molecule has 0 heterocycles. The lowest BCUT2D eigenvalue weighted by molar-refractivity contribution is 0.221. The van der Waals surface area contributed by atoms with E-state index >= 15 is 0 Å². The van der Waals surface area contributed by atoms with Crippen LogP contribution in [0.3, 0.4) is 0 Å². The molecule has 0 fully saturated rings. The normalized spacial score (nSPS) is 7.50. The summed E-state index contributed by atoms with van der Waals surface area (Å²) in [5, 5.41) is 0. The van der Waals surface area contributed by atoms with Crippen molar-refractivity contribution >= 4 is 6.03 Å². The van der Waals surface area contributed by atoms with Gasteiger partial charge in [0, 0.05) is 0 Å². The maximum Gasteiger partial charge on any atom is 0.328 e. The van der Waals surface area contributed by atoms with Crippen LogP contribution in [0.5, 0.6) is 0 Å². The SMILES string of the molecule is NC(=O)NNF. The first-order chi connectivity index (χ1) is 2.77. The molecule has 2 amide bonds. The standard InChI is InChI=1S/CH4FN3O/c2-5-4-1(3)6/h5H,(H3,3,4,6). The Kier molecular flexibility index (Phi) is 2.06. The minimum Gasteiger partial charge on any atom is -0.350 e. The maximum atomic E-state index is 10.6. The summed E-state index contributed by atoms with van der Waals surface area (Å²) in [7, 11) is 0. The van der Waals surface area contributed by atoms with Crippen LogP contribution < -0.4 is 16.8 Å². The van der Waals surface area contributed by atoms with E-state index in [-0.39, 0.29) is 0 Å². The number of hydrogen-bond donors (Lipinski definition) is 3. The van der Waals surface area contributed by atoms with Gasteiger partial charge in [0.1, 0.15) is 0 Å². The van der Waals surface area contributed by atoms with Crippen LogP contribution in [0.4, 0.5) is 9.28 Å². The van der Waals surface area contributed by atoms with E-state index in [4.69, 9.17) is 0 Å². The van der Waals surface area contributed by atoms with E-state index in [1.165, 1.54) is 5.43 Å². The summed E-state index contributed by atoms with van der Waals surface area (Å²) in [5.74, 6) is 0. The van der Waals surface area contributed by atoms with Crippen molar-refractivity contribution in [1.29, 1.82) is 0 Å². The van der Waals surface area contributed by atoms with Gasteiger partial charge in [-0.3, -0.25) is 0 Å². The number of amides is 2. The zero-order valence-electron chi connectivity index (χ0n) is 2.86. The Morgan fingerprint density at radius 1 is 1.83 bits per heavy atom. The van der Waals surface area contributed by atoms with Crippen molar-refractivity contribution in [2.75, 3.05) is 0 Å². The first-order valence-corrected chi connectivity index (χ1v) is 1.18. The van der Waals surface area contributed by atoms with Crippen LogP contribution in [-0.2, 0) is 0 Å². The second kappa shape index (κ2) is 2.40. The molecule has 0 aliphatic rings. The summed E-state index contributed by atoms with van der Waals surface area (Å²) in [4.78, 5) is 9.41. The molecular formula is CH4FN3O. The Bertz CT molecular complexity index is 54.8. The van der Waals surface area contributed by atoms with Crippen LogP contribution in [0.2, 0.25) is 0 Å². The molecule has 0 aromatic carbocycles. The lowest BCUT2D eigenvalue weighted by Crippen LogP contribution is -2.35. The molecule has 0 atom stereocenters. The van der Waals surface area contributed by atoms with Crippen molar-refractivity contribution in [3.05, 3.63) is 0 Å². The van der Waals surface area contributed by atoms with Gasteiger partial charge in [-0.2, -0.15) is 0 Å². The Labute approximate surface area is 33.4 Å². The Morgan fingerprint density at radius 3 is 2.33 bits per heavy atom. The van der Waals surface area contributed by atoms with Crippen LogP contribution in [0.25, 0.3) is 0 Å². The molecule has 0 aliphatic carbocycles. The number of nitrogens with two attached hydrogens (primary N) is 1. The predicted molar refractivity (Wildman–Crippen MR) is 17.0 cm³/mol. The molecule has 0 unspecified atom stereocenters. The number of halogens is 1. The zero-order chi connectivity index (χ0) is 4.99. The Morgan fingerprint density at radius 2 is 2.33 bits per heavy atom. The zero-order valence-corrected chi connectivity index (χ0v) is 2.86. The number of primary amides is 1. The lowest BCUT2D eigenvalue weighted by atomic mass is 11.2. The smallest absolute Gasteiger partial charge is 0.328 e. The quantitative estimate of drug-likeness (QED) is 0.289. The van der Waals surface area contributed by atoms with Crippen molar-refractivity contribution in [2.45, 2.75) is 0 Å². The average molecular weight is 93.1 g/mol. The molecule has 0 spiro atoms. The third-order valence-corrected chi connectivity index (χ3v) is 0.170. The van der Waals surface area contributed by atoms with Crippen LogP contribution in [0.15, 0.2) is 0 Å². The van der Waals surface area contributed by atoms with Crippen molar-refractivity contribution in [1.82, 2.24) is 11.1 Å². The number of carbonyl (C=O) groups is 1. The molecule has 0 radical (unpaired) electrons. The number of hydrogen-bond acceptors (Lipinski definition) is 2. The van der Waals surface area contributed by atoms with E-state index in [0.717, 1.165) is 5.65 Å². The van der Waals surface area contributed by atoms with E-state index in [1.807, 2.05) is 0 Å². The van der Waals surface area contributed by atoms with Gasteiger partial charge in [-0.05, 0) is 0 Å². The monoisotopic (exact) mass is 93.0 g/mol. The molecule has 0 aromatic heterocycles. The minimum atomic E-state index is -0.947. The number of carbonyl (C=O) groups excluding carboxylic acids is 1. The molecule has 6 heavy (non-hydrogen) atoms. The van der Waals surface area contributed by atoms with Crippen molar-refractivity contribution in [3.8, 4) is 0 Å². The van der Waals surface area contributed by atoms with Gasteiger partial charge in [-0.25, -0.2) is 10.2 Å². The molecule has 0 bridgehead atoms. The Hall–Kier alpha value is -0.840. The van der Waals surface area contributed by atoms with E-state index in [0.29, 0.717) is 0 Å². The predicted octanol–water partition coefficient (Wildman–Crippen LogP) is -0.956. The van der Waals surface area contributed by atoms with Crippen molar-refractivity contribution < 1.29 is 9.28 Å². The van der Waals surface area contributed by atoms with Crippen molar-refractivity contribution in [3.63, 3.8) is 0 Å². The van der Waals surface area contributed by atoms with Crippen molar-refractivity contribution in [2.24, 2.45) is 5.73 Å². The van der Waals surface area contributed by atoms with Gasteiger partial charge >= 0.3 is 6.03 Å². The maximum absolute atomic E-state index is 10.6. The lowest BCUT2D eigenvalue weighted by Gasteiger charge is -1.87. The molecule has 5 heteroatoms. The summed E-state index contributed by atoms with van der Waals surface area (Å²) in [6, 6.07) is -0.947. The molecule has 0 aromatic rings. The van der Waals surface area contributed by atoms with Crippen LogP contribution in [-0.4, -0.2) is 6.03 Å². The van der Waals surface area contributed by atoms with Gasteiger partial charge in [0.2, 0.25) is 0 Å². The third-order valence-electron chi connectivity index (χ3n) is 0.170. The fourth-order valence-electron chi connectivity index (χ4n) is 0.0466. The third kappa shape index (κ3) is 3.16. The molecule has 4 N–H and O–H groups in total. The summed E-state index contributed by atoms with van der Waals surface area (Å²) in [6.45, 7) is 0. The number of nitrogens with one attached hydrogen (secondary N) is 2. The average Bonchev–Trinajstić information content (AvgIpc) is 1.35. The van der Waals surface area contributed by atoms with Gasteiger partial charge in [0.25, 0.3) is 0 Å². The summed E-state index contributed by atoms with van der Waals surface area (Å²) in [5.41, 5.74) is 6.62. The number of hydrazine groups is 1. The van der Waals surface area contributed by atoms with E-state index < -0.39 is 6.03 Å². The first-order valence-electron chi connectivity index (χ1n) is 1.18. The fraction of sp³-hybridized carbons (Fsp3) is 0. The number of rotatable bonds is 1. The second-order valence-corrected chi connectivity index (χ2v) is 0.584. The van der Waals surface area contributed by atoms with Gasteiger partial charge < -0.3 is 5.73 Å². The van der Waals surface area contributed by atoms with E-state index in [9.17, 15) is 9.28 Å². The van der Waals surface area contributed by atoms with Gasteiger partial charge in [0.05, 0.1) is 0 Å². The summed E-state index contributed by atoms with van der Waals surface area (Å²) in [6.07, 6.45) is 0. The molecule has 4 nitrogen and oxygen atoms in total. The molecule has 0 saturated carbocycles. The van der Waals surface area contributed by atoms with Gasteiger partial charge in [-0.15, -0.1) is 4.48 Å². The fourth-order valence-corrected chi connectivity index (χ4v) is 0.0466. The van der Waals surface area contributed by atoms with E-state index in [2.05, 4.69) is 5.73 Å². The topological polar surface area (TPSA) is 67.2 Å². The molecule has 0 aliphatic heterocycles. The molecule has 0 saturated heterocycles. The highest BCUT2D eigenvalue weighted by molar-refractivity contribution is 5.70. The summed E-state index contributed by atoms with van der Waals surface area (Å²) >= 11 is 0. The largest absolute Gasteiger partial charge is 0.350 e. The first kappa shape index (κ1) is 5.16. The highest BCUT2D eigenvalue weighted by Crippen LogP contribution is 1.44. The second-order valence-electron chi connectivity index (χ2n) is 0.584. The van der Waals surface area contributed by atoms with Gasteiger partial charge in [-0.1, -0.05) is 5.65 Å². The van der Waals surface area contributed by atoms with E-state index in [1.54, 1.807) is 0 Å². The highest BCUT2D eigenvalue weighted by Gasteiger charge is 1.80. The molecule has 36 valence electrons. The van der Waals surface area contributed by atoms with Crippen LogP contribution in [0, 0.1) is 0 Å². The number of urea groups is 1. The van der Waals surface area contributed by atoms with Crippen LogP contribution >= 0.6 is 0 Å². The summed E-state index contributed by atoms with van der Waals surface area (Å²) < 4.78 is 10.6. The van der Waals surface area contributed by atoms with Crippen LogP contribution in [0.1, 0.15) is 0 Å². The molecular weight excluding hydrogens is 89.0 g/mol. The highest BCUT2D eigenvalue weighted by atomic mass is 19.2.